The minimum atomic E-state index is -0.0977. The van der Waals surface area contributed by atoms with Gasteiger partial charge in [-0.1, -0.05) is 109 Å². The molecule has 11 rings (SSSR count). The van der Waals surface area contributed by atoms with Gasteiger partial charge >= 0.3 is 0 Å². The number of rotatable bonds is 2. The van der Waals surface area contributed by atoms with Gasteiger partial charge in [0.25, 0.3) is 0 Å². The third-order valence-corrected chi connectivity index (χ3v) is 10.5. The first-order chi connectivity index (χ1) is 24.3. The van der Waals surface area contributed by atoms with Crippen molar-refractivity contribution < 1.29 is 4.42 Å². The van der Waals surface area contributed by atoms with Crippen molar-refractivity contribution in [1.29, 1.82) is 0 Å². The van der Waals surface area contributed by atoms with Gasteiger partial charge in [0.05, 0.1) is 39.4 Å². The number of nitrogens with zero attached hydrogens (tertiary/aromatic N) is 4. The van der Waals surface area contributed by atoms with Crippen molar-refractivity contribution in [2.75, 3.05) is 0 Å². The predicted molar refractivity (Wildman–Crippen MR) is 202 cm³/mol. The lowest BCUT2D eigenvalue weighted by Gasteiger charge is -2.29. The van der Waals surface area contributed by atoms with Crippen LogP contribution >= 0.6 is 0 Å². The number of aromatic nitrogens is 2. The van der Waals surface area contributed by atoms with Crippen LogP contribution in [0.25, 0.3) is 66.4 Å². The van der Waals surface area contributed by atoms with E-state index in [0.29, 0.717) is 0 Å². The monoisotopic (exact) mass is 630 g/mol. The lowest BCUT2D eigenvalue weighted by Crippen LogP contribution is -2.29. The number of benzene rings is 5. The molecule has 2 unspecified atom stereocenters. The zero-order chi connectivity index (χ0) is 32.1. The van der Waals surface area contributed by atoms with Crippen LogP contribution in [0.2, 0.25) is 0 Å². The van der Waals surface area contributed by atoms with Crippen molar-refractivity contribution in [3.63, 3.8) is 0 Å². The SMILES string of the molecule is C1=CC2=NC(n3c4c(c5c6c7ccccc7oc6c6c7ccccc7n(-c7ccccc7)c6c53)CCC=C4)=NC(c3ccccc3)C2C=C1. The summed E-state index contributed by atoms with van der Waals surface area (Å²) in [6, 6.07) is 38.5. The fourth-order valence-electron chi connectivity index (χ4n) is 8.51. The summed E-state index contributed by atoms with van der Waals surface area (Å²) < 4.78 is 11.7. The van der Waals surface area contributed by atoms with E-state index >= 15 is 0 Å². The molecule has 0 N–H and O–H groups in total. The molecule has 3 aromatic heterocycles. The third kappa shape index (κ3) is 3.70. The van der Waals surface area contributed by atoms with E-state index in [1.54, 1.807) is 0 Å². The number of furan rings is 1. The van der Waals surface area contributed by atoms with Gasteiger partial charge in [-0.15, -0.1) is 0 Å². The summed E-state index contributed by atoms with van der Waals surface area (Å²) in [6.45, 7) is 0. The summed E-state index contributed by atoms with van der Waals surface area (Å²) in [5.74, 6) is 0.792. The van der Waals surface area contributed by atoms with Crippen LogP contribution in [0.5, 0.6) is 0 Å². The van der Waals surface area contributed by atoms with Gasteiger partial charge in [0.15, 0.2) is 0 Å². The average molecular weight is 631 g/mol. The first-order valence-electron chi connectivity index (χ1n) is 17.1. The molecule has 0 bridgehead atoms. The van der Waals surface area contributed by atoms with E-state index in [4.69, 9.17) is 14.4 Å². The number of aliphatic imine (C=N–C) groups is 2. The topological polar surface area (TPSA) is 47.7 Å². The standard InChI is InChI=1S/C44H30N4O/c1-3-15-27(16-4-1)40-29-19-7-11-23-33(29)45-44(46-40)48-35-25-13-8-20-30(35)37-38-32-22-10-14-26-36(32)49-43(38)39-31-21-9-12-24-34(31)47(42(39)41(37)48)28-17-5-2-6-18-28/h1-7,9-19,21-26,29,40H,8,20H2. The molecule has 3 aliphatic rings. The Kier molecular flexibility index (Phi) is 5.56. The molecule has 8 aromatic rings. The molecule has 232 valence electrons. The Morgan fingerprint density at radius 2 is 1.43 bits per heavy atom. The molecule has 0 saturated heterocycles. The van der Waals surface area contributed by atoms with Crippen molar-refractivity contribution in [3.8, 4) is 5.69 Å². The molecule has 1 aliphatic heterocycles. The maximum Gasteiger partial charge on any atom is 0.230 e. The molecule has 4 heterocycles. The van der Waals surface area contributed by atoms with Crippen LogP contribution in [-0.2, 0) is 6.42 Å². The van der Waals surface area contributed by atoms with E-state index in [1.165, 1.54) is 21.9 Å². The molecule has 2 aliphatic carbocycles. The summed E-state index contributed by atoms with van der Waals surface area (Å²) in [7, 11) is 0. The predicted octanol–water partition coefficient (Wildman–Crippen LogP) is 10.7. The lowest BCUT2D eigenvalue weighted by atomic mass is 9.86. The number of aryl methyl sites for hydroxylation is 1. The molecule has 5 heteroatoms. The largest absolute Gasteiger partial charge is 0.455 e. The highest BCUT2D eigenvalue weighted by atomic mass is 16.3. The number of hydrogen-bond acceptors (Lipinski definition) is 3. The van der Waals surface area contributed by atoms with Crippen LogP contribution in [0.3, 0.4) is 0 Å². The minimum Gasteiger partial charge on any atom is -0.455 e. The molecule has 2 atom stereocenters. The molecule has 0 amide bonds. The highest BCUT2D eigenvalue weighted by Crippen LogP contribution is 2.49. The molecule has 49 heavy (non-hydrogen) atoms. The van der Waals surface area contributed by atoms with Gasteiger partial charge in [0.2, 0.25) is 5.96 Å². The third-order valence-electron chi connectivity index (χ3n) is 10.5. The zero-order valence-electron chi connectivity index (χ0n) is 26.6. The Labute approximate surface area is 282 Å². The molecular weight excluding hydrogens is 601 g/mol. The van der Waals surface area contributed by atoms with Crippen LogP contribution in [-0.4, -0.2) is 20.8 Å². The highest BCUT2D eigenvalue weighted by molar-refractivity contribution is 6.36. The Bertz CT molecular complexity index is 2820. The van der Waals surface area contributed by atoms with Gasteiger partial charge in [0.1, 0.15) is 11.2 Å². The smallest absolute Gasteiger partial charge is 0.230 e. The van der Waals surface area contributed by atoms with Gasteiger partial charge in [-0.2, -0.15) is 0 Å². The van der Waals surface area contributed by atoms with Crippen LogP contribution < -0.4 is 0 Å². The second-order valence-electron chi connectivity index (χ2n) is 13.2. The summed E-state index contributed by atoms with van der Waals surface area (Å²) >= 11 is 0. The molecule has 5 nitrogen and oxygen atoms in total. The summed E-state index contributed by atoms with van der Waals surface area (Å²) in [5.41, 5.74) is 11.0. The fourth-order valence-corrected chi connectivity index (χ4v) is 8.51. The molecular formula is C44H30N4O. The van der Waals surface area contributed by atoms with Gasteiger partial charge in [-0.25, -0.2) is 9.98 Å². The van der Waals surface area contributed by atoms with Crippen LogP contribution in [0.15, 0.2) is 154 Å². The second-order valence-corrected chi connectivity index (χ2v) is 13.2. The van der Waals surface area contributed by atoms with Gasteiger partial charge in [-0.3, -0.25) is 4.57 Å². The Hall–Kier alpha value is -6.20. The zero-order valence-corrected chi connectivity index (χ0v) is 26.6. The lowest BCUT2D eigenvalue weighted by molar-refractivity contribution is 0.635. The van der Waals surface area contributed by atoms with Gasteiger partial charge in [-0.05, 0) is 60.4 Å². The van der Waals surface area contributed by atoms with Crippen molar-refractivity contribution in [2.45, 2.75) is 18.9 Å². The number of allylic oxidation sites excluding steroid dienone is 4. The molecule has 0 fully saturated rings. The van der Waals surface area contributed by atoms with Crippen LogP contribution in [0, 0.1) is 5.92 Å². The first kappa shape index (κ1) is 26.8. The van der Waals surface area contributed by atoms with E-state index in [9.17, 15) is 0 Å². The van der Waals surface area contributed by atoms with Crippen LogP contribution in [0.4, 0.5) is 0 Å². The Morgan fingerprint density at radius 1 is 0.673 bits per heavy atom. The maximum absolute atomic E-state index is 6.91. The summed E-state index contributed by atoms with van der Waals surface area (Å²) in [4.78, 5) is 11.0. The molecule has 0 radical (unpaired) electrons. The number of hydrogen-bond donors (Lipinski definition) is 0. The summed E-state index contributed by atoms with van der Waals surface area (Å²) in [5, 5.41) is 5.80. The van der Waals surface area contributed by atoms with E-state index in [1.807, 2.05) is 0 Å². The second kappa shape index (κ2) is 10.1. The first-order valence-corrected chi connectivity index (χ1v) is 17.1. The molecule has 0 saturated carbocycles. The van der Waals surface area contributed by atoms with E-state index in [0.717, 1.165) is 79.8 Å². The van der Waals surface area contributed by atoms with Gasteiger partial charge in [0, 0.05) is 33.2 Å². The van der Waals surface area contributed by atoms with Crippen molar-refractivity contribution >= 4 is 72.4 Å². The Balaban J connectivity index is 1.39. The average Bonchev–Trinajstić information content (AvgIpc) is 3.83. The van der Waals surface area contributed by atoms with E-state index in [-0.39, 0.29) is 12.0 Å². The fraction of sp³-hybridized carbons (Fsp3) is 0.0909. The molecule has 0 spiro atoms. The van der Waals surface area contributed by atoms with Crippen molar-refractivity contribution in [3.05, 3.63) is 156 Å². The maximum atomic E-state index is 6.91. The van der Waals surface area contributed by atoms with Crippen LogP contribution in [0.1, 0.15) is 29.3 Å². The van der Waals surface area contributed by atoms with Crippen molar-refractivity contribution in [1.82, 2.24) is 9.13 Å². The molecule has 5 aromatic carbocycles. The number of fused-ring (bicyclic) bond motifs is 13. The van der Waals surface area contributed by atoms with E-state index in [2.05, 4.69) is 155 Å². The highest BCUT2D eigenvalue weighted by Gasteiger charge is 2.34. The normalized spacial score (nSPS) is 18.4. The summed E-state index contributed by atoms with van der Waals surface area (Å²) in [6.07, 6.45) is 15.1. The van der Waals surface area contributed by atoms with Crippen molar-refractivity contribution in [2.24, 2.45) is 15.9 Å². The minimum absolute atomic E-state index is 0.0738. The van der Waals surface area contributed by atoms with E-state index < -0.39 is 0 Å². The number of para-hydroxylation sites is 3. The van der Waals surface area contributed by atoms with Gasteiger partial charge < -0.3 is 8.98 Å². The quantitative estimate of drug-likeness (QED) is 0.187. The Morgan fingerprint density at radius 3 is 2.31 bits per heavy atom.